The van der Waals surface area contributed by atoms with Crippen molar-refractivity contribution in [3.63, 3.8) is 0 Å². The Labute approximate surface area is 131 Å². The van der Waals surface area contributed by atoms with Gasteiger partial charge in [0, 0.05) is 38.1 Å². The minimum atomic E-state index is -3.07. The van der Waals surface area contributed by atoms with Crippen LogP contribution in [0.15, 0.2) is 5.38 Å². The van der Waals surface area contributed by atoms with Crippen LogP contribution in [-0.2, 0) is 16.6 Å². The highest BCUT2D eigenvalue weighted by atomic mass is 32.2. The second-order valence-electron chi connectivity index (χ2n) is 5.80. The summed E-state index contributed by atoms with van der Waals surface area (Å²) in [6, 6.07) is 0. The van der Waals surface area contributed by atoms with Gasteiger partial charge in [-0.2, -0.15) is 4.31 Å². The molecule has 1 aromatic heterocycles. The number of sulfonamides is 1. The van der Waals surface area contributed by atoms with Gasteiger partial charge >= 0.3 is 0 Å². The lowest BCUT2D eigenvalue weighted by molar-refractivity contribution is 0.388. The fraction of sp³-hybridized carbons (Fsp3) is 0.769. The number of hydrogen-bond acceptors (Lipinski definition) is 6. The molecule has 1 N–H and O–H groups in total. The Morgan fingerprint density at radius 2 is 2.00 bits per heavy atom. The van der Waals surface area contributed by atoms with E-state index in [1.54, 1.807) is 11.3 Å². The summed E-state index contributed by atoms with van der Waals surface area (Å²) < 4.78 is 24.5. The molecule has 0 radical (unpaired) electrons. The summed E-state index contributed by atoms with van der Waals surface area (Å²) in [5.74, 6) is 0.632. The molecular weight excluding hydrogens is 308 g/mol. The van der Waals surface area contributed by atoms with Crippen molar-refractivity contribution in [1.29, 1.82) is 0 Å². The van der Waals surface area contributed by atoms with Crippen LogP contribution in [-0.4, -0.2) is 56.7 Å². The van der Waals surface area contributed by atoms with E-state index in [1.807, 2.05) is 0 Å². The van der Waals surface area contributed by atoms with E-state index in [1.165, 1.54) is 10.6 Å². The van der Waals surface area contributed by atoms with E-state index in [4.69, 9.17) is 0 Å². The van der Waals surface area contributed by atoms with Gasteiger partial charge in [-0.05, 0) is 12.5 Å². The molecule has 1 fully saturated rings. The molecule has 2 heterocycles. The van der Waals surface area contributed by atoms with Crippen LogP contribution >= 0.6 is 11.3 Å². The number of aromatic nitrogens is 1. The fourth-order valence-corrected chi connectivity index (χ4v) is 3.93. The number of hydrogen-bond donors (Lipinski definition) is 1. The molecule has 0 spiro atoms. The predicted octanol–water partition coefficient (Wildman–Crippen LogP) is 0.970. The van der Waals surface area contributed by atoms with Gasteiger partial charge in [-0.15, -0.1) is 11.3 Å². The zero-order chi connectivity index (χ0) is 15.5. The van der Waals surface area contributed by atoms with Crippen molar-refractivity contribution in [2.75, 3.05) is 43.9 Å². The Morgan fingerprint density at radius 1 is 1.33 bits per heavy atom. The van der Waals surface area contributed by atoms with E-state index < -0.39 is 10.0 Å². The molecule has 0 atom stereocenters. The van der Waals surface area contributed by atoms with Crippen LogP contribution < -0.4 is 10.2 Å². The first kappa shape index (κ1) is 16.7. The normalized spacial score (nSPS) is 17.6. The molecular formula is C13H24N4O2S2. The first-order valence-electron chi connectivity index (χ1n) is 7.21. The monoisotopic (exact) mass is 332 g/mol. The molecule has 6 nitrogen and oxygen atoms in total. The lowest BCUT2D eigenvalue weighted by Gasteiger charge is -2.32. The van der Waals surface area contributed by atoms with E-state index in [0.717, 1.165) is 23.9 Å². The third kappa shape index (κ3) is 4.91. The van der Waals surface area contributed by atoms with Crippen LogP contribution in [0.3, 0.4) is 0 Å². The average Bonchev–Trinajstić information content (AvgIpc) is 2.86. The van der Waals surface area contributed by atoms with Crippen molar-refractivity contribution in [3.8, 4) is 0 Å². The SMILES string of the molecule is CC(C)CNCc1csc(N2CCN(S(C)(=O)=O)CC2)n1. The zero-order valence-electron chi connectivity index (χ0n) is 12.9. The maximum absolute atomic E-state index is 11.5. The smallest absolute Gasteiger partial charge is 0.211 e. The van der Waals surface area contributed by atoms with Gasteiger partial charge in [0.05, 0.1) is 11.9 Å². The summed E-state index contributed by atoms with van der Waals surface area (Å²) in [7, 11) is -3.07. The van der Waals surface area contributed by atoms with Gasteiger partial charge in [0.25, 0.3) is 0 Å². The van der Waals surface area contributed by atoms with E-state index >= 15 is 0 Å². The molecule has 1 saturated heterocycles. The van der Waals surface area contributed by atoms with E-state index in [2.05, 4.69) is 34.4 Å². The van der Waals surface area contributed by atoms with Crippen LogP contribution in [0.25, 0.3) is 0 Å². The predicted molar refractivity (Wildman–Crippen MR) is 87.3 cm³/mol. The average molecular weight is 332 g/mol. The molecule has 0 saturated carbocycles. The molecule has 120 valence electrons. The number of piperazine rings is 1. The molecule has 0 bridgehead atoms. The van der Waals surface area contributed by atoms with Gasteiger partial charge in [-0.25, -0.2) is 13.4 Å². The largest absolute Gasteiger partial charge is 0.345 e. The maximum Gasteiger partial charge on any atom is 0.211 e. The minimum Gasteiger partial charge on any atom is -0.345 e. The molecule has 1 aromatic rings. The Hall–Kier alpha value is -0.700. The second kappa shape index (κ2) is 7.04. The highest BCUT2D eigenvalue weighted by Gasteiger charge is 2.24. The Bertz CT molecular complexity index is 548. The number of rotatable bonds is 6. The topological polar surface area (TPSA) is 65.5 Å². The van der Waals surface area contributed by atoms with Crippen LogP contribution in [0.1, 0.15) is 19.5 Å². The molecule has 0 amide bonds. The molecule has 8 heteroatoms. The number of anilines is 1. The van der Waals surface area contributed by atoms with Crippen molar-refractivity contribution in [3.05, 3.63) is 11.1 Å². The third-order valence-electron chi connectivity index (χ3n) is 3.38. The first-order chi connectivity index (χ1) is 9.86. The highest BCUT2D eigenvalue weighted by Crippen LogP contribution is 2.22. The third-order valence-corrected chi connectivity index (χ3v) is 5.63. The molecule has 0 aliphatic carbocycles. The van der Waals surface area contributed by atoms with Gasteiger partial charge in [0.15, 0.2) is 5.13 Å². The summed E-state index contributed by atoms with van der Waals surface area (Å²) in [5.41, 5.74) is 1.06. The molecule has 21 heavy (non-hydrogen) atoms. The lowest BCUT2D eigenvalue weighted by atomic mass is 10.2. The molecule has 2 rings (SSSR count). The molecule has 0 aromatic carbocycles. The van der Waals surface area contributed by atoms with E-state index in [9.17, 15) is 8.42 Å². The molecule has 1 aliphatic heterocycles. The fourth-order valence-electron chi connectivity index (χ4n) is 2.22. The van der Waals surface area contributed by atoms with E-state index in [0.29, 0.717) is 32.1 Å². The van der Waals surface area contributed by atoms with Crippen LogP contribution in [0.4, 0.5) is 5.13 Å². The summed E-state index contributed by atoms with van der Waals surface area (Å²) >= 11 is 1.63. The van der Waals surface area contributed by atoms with Crippen molar-refractivity contribution >= 4 is 26.5 Å². The standard InChI is InChI=1S/C13H24N4O2S2/c1-11(2)8-14-9-12-10-20-13(15-12)16-4-6-17(7-5-16)21(3,18)19/h10-11,14H,4-9H2,1-3H3. The van der Waals surface area contributed by atoms with Crippen LogP contribution in [0.5, 0.6) is 0 Å². The Kier molecular flexibility index (Phi) is 5.59. The first-order valence-corrected chi connectivity index (χ1v) is 9.94. The zero-order valence-corrected chi connectivity index (χ0v) is 14.5. The van der Waals surface area contributed by atoms with Gasteiger partial charge in [-0.1, -0.05) is 13.8 Å². The van der Waals surface area contributed by atoms with Gasteiger partial charge in [0.1, 0.15) is 0 Å². The van der Waals surface area contributed by atoms with Crippen molar-refractivity contribution in [2.45, 2.75) is 20.4 Å². The second-order valence-corrected chi connectivity index (χ2v) is 8.61. The number of nitrogens with one attached hydrogen (secondary N) is 1. The van der Waals surface area contributed by atoms with Crippen molar-refractivity contribution < 1.29 is 8.42 Å². The summed E-state index contributed by atoms with van der Waals surface area (Å²) in [5, 5.41) is 6.45. The van der Waals surface area contributed by atoms with Crippen molar-refractivity contribution in [1.82, 2.24) is 14.6 Å². The van der Waals surface area contributed by atoms with Crippen LogP contribution in [0, 0.1) is 5.92 Å². The van der Waals surface area contributed by atoms with E-state index in [-0.39, 0.29) is 0 Å². The van der Waals surface area contributed by atoms with Crippen molar-refractivity contribution in [2.24, 2.45) is 5.92 Å². The summed E-state index contributed by atoms with van der Waals surface area (Å²) in [4.78, 5) is 6.80. The summed E-state index contributed by atoms with van der Waals surface area (Å²) in [6.07, 6.45) is 1.27. The number of nitrogens with zero attached hydrogens (tertiary/aromatic N) is 3. The Morgan fingerprint density at radius 3 is 2.57 bits per heavy atom. The maximum atomic E-state index is 11.5. The molecule has 1 aliphatic rings. The molecule has 0 unspecified atom stereocenters. The van der Waals surface area contributed by atoms with Gasteiger partial charge in [0.2, 0.25) is 10.0 Å². The lowest BCUT2D eigenvalue weighted by Crippen LogP contribution is -2.48. The number of thiazole rings is 1. The van der Waals surface area contributed by atoms with Gasteiger partial charge in [-0.3, -0.25) is 0 Å². The quantitative estimate of drug-likeness (QED) is 0.841. The van der Waals surface area contributed by atoms with Crippen LogP contribution in [0.2, 0.25) is 0 Å². The highest BCUT2D eigenvalue weighted by molar-refractivity contribution is 7.88. The Balaban J connectivity index is 1.85. The minimum absolute atomic E-state index is 0.541. The van der Waals surface area contributed by atoms with Gasteiger partial charge < -0.3 is 10.2 Å². The summed E-state index contributed by atoms with van der Waals surface area (Å²) in [6.45, 7) is 8.64.